The third-order valence-electron chi connectivity index (χ3n) is 2.34. The zero-order chi connectivity index (χ0) is 14.4. The molecule has 0 aromatic heterocycles. The van der Waals surface area contributed by atoms with E-state index in [1.807, 2.05) is 39.0 Å². The van der Waals surface area contributed by atoms with E-state index in [1.54, 1.807) is 6.07 Å². The molecule has 0 aliphatic heterocycles. The highest BCUT2D eigenvalue weighted by Gasteiger charge is 2.09. The van der Waals surface area contributed by atoms with Gasteiger partial charge in [0.2, 0.25) is 0 Å². The van der Waals surface area contributed by atoms with Gasteiger partial charge in [-0.25, -0.2) is 0 Å². The van der Waals surface area contributed by atoms with Crippen molar-refractivity contribution in [2.24, 2.45) is 0 Å². The first-order chi connectivity index (χ1) is 8.93. The summed E-state index contributed by atoms with van der Waals surface area (Å²) in [6.07, 6.45) is 1.37. The molecule has 0 bridgehead atoms. The number of amides is 1. The van der Waals surface area contributed by atoms with Crippen molar-refractivity contribution in [1.82, 2.24) is 5.32 Å². The van der Waals surface area contributed by atoms with Gasteiger partial charge in [-0.15, -0.1) is 0 Å². The maximum atomic E-state index is 11.7. The topological polar surface area (TPSA) is 64.9 Å². The molecule has 0 fully saturated rings. The molecule has 5 heteroatoms. The Morgan fingerprint density at radius 1 is 1.47 bits per heavy atom. The summed E-state index contributed by atoms with van der Waals surface area (Å²) in [4.78, 5) is 11.7. The monoisotopic (exact) mass is 277 g/mol. The van der Waals surface area contributed by atoms with Crippen LogP contribution in [-0.2, 0) is 4.79 Å². The van der Waals surface area contributed by atoms with Crippen LogP contribution >= 0.6 is 11.6 Å². The fraction of sp³-hybridized carbons (Fsp3) is 0.286. The van der Waals surface area contributed by atoms with E-state index in [9.17, 15) is 4.79 Å². The SMILES string of the molecule is Cc1ccc(N/C=C(/C#N)C(=O)NC(C)C)cc1Cl. The average Bonchev–Trinajstić information content (AvgIpc) is 2.33. The van der Waals surface area contributed by atoms with Crippen LogP contribution in [-0.4, -0.2) is 11.9 Å². The van der Waals surface area contributed by atoms with Crippen molar-refractivity contribution in [3.63, 3.8) is 0 Å². The first kappa shape index (κ1) is 15.1. The van der Waals surface area contributed by atoms with E-state index in [0.29, 0.717) is 5.02 Å². The zero-order valence-electron chi connectivity index (χ0n) is 11.1. The fourth-order valence-corrected chi connectivity index (χ4v) is 1.51. The van der Waals surface area contributed by atoms with Crippen molar-refractivity contribution in [2.75, 3.05) is 5.32 Å². The van der Waals surface area contributed by atoms with Gasteiger partial charge in [-0.05, 0) is 38.5 Å². The number of halogens is 1. The Kier molecular flexibility index (Phi) is 5.40. The molecule has 0 saturated heterocycles. The number of anilines is 1. The molecular formula is C14H16ClN3O. The molecule has 0 radical (unpaired) electrons. The summed E-state index contributed by atoms with van der Waals surface area (Å²) >= 11 is 5.99. The van der Waals surface area contributed by atoms with E-state index in [2.05, 4.69) is 10.6 Å². The normalized spacial score (nSPS) is 11.1. The lowest BCUT2D eigenvalue weighted by molar-refractivity contribution is -0.117. The van der Waals surface area contributed by atoms with Crippen LogP contribution in [0.5, 0.6) is 0 Å². The average molecular weight is 278 g/mol. The second-order valence-electron chi connectivity index (χ2n) is 4.41. The molecule has 0 unspecified atom stereocenters. The predicted molar refractivity (Wildman–Crippen MR) is 76.8 cm³/mol. The summed E-state index contributed by atoms with van der Waals surface area (Å²) in [6, 6.07) is 7.27. The summed E-state index contributed by atoms with van der Waals surface area (Å²) < 4.78 is 0. The van der Waals surface area contributed by atoms with Crippen LogP contribution in [0.15, 0.2) is 30.0 Å². The van der Waals surface area contributed by atoms with E-state index in [0.717, 1.165) is 11.3 Å². The van der Waals surface area contributed by atoms with Crippen molar-refractivity contribution in [3.05, 3.63) is 40.6 Å². The maximum absolute atomic E-state index is 11.7. The van der Waals surface area contributed by atoms with Crippen molar-refractivity contribution >= 4 is 23.2 Å². The molecule has 1 aromatic rings. The van der Waals surface area contributed by atoms with Gasteiger partial charge in [0.05, 0.1) is 0 Å². The van der Waals surface area contributed by atoms with Gasteiger partial charge in [-0.1, -0.05) is 17.7 Å². The summed E-state index contributed by atoms with van der Waals surface area (Å²) in [5, 5.41) is 15.1. The van der Waals surface area contributed by atoms with Gasteiger partial charge in [-0.2, -0.15) is 5.26 Å². The van der Waals surface area contributed by atoms with E-state index >= 15 is 0 Å². The van der Waals surface area contributed by atoms with Crippen LogP contribution in [0.2, 0.25) is 5.02 Å². The Morgan fingerprint density at radius 2 is 2.16 bits per heavy atom. The number of carbonyl (C=O) groups excluding carboxylic acids is 1. The van der Waals surface area contributed by atoms with Crippen LogP contribution in [0.1, 0.15) is 19.4 Å². The van der Waals surface area contributed by atoms with Gasteiger partial charge in [-0.3, -0.25) is 4.79 Å². The molecule has 0 atom stereocenters. The lowest BCUT2D eigenvalue weighted by Crippen LogP contribution is -2.31. The van der Waals surface area contributed by atoms with Crippen molar-refractivity contribution in [3.8, 4) is 6.07 Å². The third-order valence-corrected chi connectivity index (χ3v) is 2.75. The van der Waals surface area contributed by atoms with Crippen LogP contribution in [0.4, 0.5) is 5.69 Å². The largest absolute Gasteiger partial charge is 0.360 e. The van der Waals surface area contributed by atoms with Crippen LogP contribution in [0.3, 0.4) is 0 Å². The van der Waals surface area contributed by atoms with Gasteiger partial charge < -0.3 is 10.6 Å². The zero-order valence-corrected chi connectivity index (χ0v) is 11.9. The van der Waals surface area contributed by atoms with Crippen LogP contribution < -0.4 is 10.6 Å². The minimum absolute atomic E-state index is 0.0157. The van der Waals surface area contributed by atoms with Crippen LogP contribution in [0, 0.1) is 18.3 Å². The fourth-order valence-electron chi connectivity index (χ4n) is 1.33. The number of hydrogen-bond acceptors (Lipinski definition) is 3. The molecule has 1 rings (SSSR count). The minimum atomic E-state index is -0.400. The highest BCUT2D eigenvalue weighted by atomic mass is 35.5. The first-order valence-corrected chi connectivity index (χ1v) is 6.25. The highest BCUT2D eigenvalue weighted by Crippen LogP contribution is 2.20. The standard InChI is InChI=1S/C14H16ClN3O/c1-9(2)18-14(19)11(7-16)8-17-12-5-4-10(3)13(15)6-12/h4-6,8-9,17H,1-3H3,(H,18,19)/b11-8-. The number of benzene rings is 1. The van der Waals surface area contributed by atoms with Gasteiger partial charge in [0.1, 0.15) is 11.6 Å². The summed E-state index contributed by atoms with van der Waals surface area (Å²) in [7, 11) is 0. The summed E-state index contributed by atoms with van der Waals surface area (Å²) in [5.74, 6) is -0.400. The number of nitrogens with zero attached hydrogens (tertiary/aromatic N) is 1. The molecule has 0 aliphatic rings. The molecule has 4 nitrogen and oxygen atoms in total. The smallest absolute Gasteiger partial charge is 0.263 e. The lowest BCUT2D eigenvalue weighted by Gasteiger charge is -2.08. The third kappa shape index (κ3) is 4.65. The Balaban J connectivity index is 2.80. The molecule has 1 aromatic carbocycles. The van der Waals surface area contributed by atoms with Crippen molar-refractivity contribution in [1.29, 1.82) is 5.26 Å². The Bertz CT molecular complexity index is 544. The number of nitriles is 1. The second-order valence-corrected chi connectivity index (χ2v) is 4.81. The number of nitrogens with one attached hydrogen (secondary N) is 2. The maximum Gasteiger partial charge on any atom is 0.263 e. The van der Waals surface area contributed by atoms with E-state index in [4.69, 9.17) is 16.9 Å². The van der Waals surface area contributed by atoms with Gasteiger partial charge in [0.25, 0.3) is 5.91 Å². The molecule has 0 saturated carbocycles. The van der Waals surface area contributed by atoms with Gasteiger partial charge in [0.15, 0.2) is 0 Å². The van der Waals surface area contributed by atoms with Gasteiger partial charge in [0, 0.05) is 23.0 Å². The van der Waals surface area contributed by atoms with Crippen molar-refractivity contribution < 1.29 is 4.79 Å². The molecular weight excluding hydrogens is 262 g/mol. The Labute approximate surface area is 118 Å². The first-order valence-electron chi connectivity index (χ1n) is 5.88. The number of rotatable bonds is 4. The van der Waals surface area contributed by atoms with Gasteiger partial charge >= 0.3 is 0 Å². The lowest BCUT2D eigenvalue weighted by atomic mass is 10.2. The van der Waals surface area contributed by atoms with E-state index in [-0.39, 0.29) is 11.6 Å². The molecule has 2 N–H and O–H groups in total. The number of hydrogen-bond donors (Lipinski definition) is 2. The summed E-state index contributed by atoms with van der Waals surface area (Å²) in [6.45, 7) is 5.57. The molecule has 19 heavy (non-hydrogen) atoms. The second kappa shape index (κ2) is 6.81. The predicted octanol–water partition coefficient (Wildman–Crippen LogP) is 2.99. The van der Waals surface area contributed by atoms with Crippen molar-refractivity contribution in [2.45, 2.75) is 26.8 Å². The number of carbonyl (C=O) groups is 1. The van der Waals surface area contributed by atoms with E-state index < -0.39 is 5.91 Å². The molecule has 0 aliphatic carbocycles. The summed E-state index contributed by atoms with van der Waals surface area (Å²) in [5.41, 5.74) is 1.71. The molecule has 100 valence electrons. The Hall–Kier alpha value is -1.99. The Morgan fingerprint density at radius 3 is 2.68 bits per heavy atom. The molecule has 0 heterocycles. The highest BCUT2D eigenvalue weighted by molar-refractivity contribution is 6.31. The molecule has 0 spiro atoms. The van der Waals surface area contributed by atoms with E-state index in [1.165, 1.54) is 6.20 Å². The van der Waals surface area contributed by atoms with Crippen LogP contribution in [0.25, 0.3) is 0 Å². The quantitative estimate of drug-likeness (QED) is 0.657. The minimum Gasteiger partial charge on any atom is -0.360 e. The number of aryl methyl sites for hydroxylation is 1. The molecule has 1 amide bonds.